The van der Waals surface area contributed by atoms with Crippen molar-refractivity contribution in [2.75, 3.05) is 13.7 Å². The highest BCUT2D eigenvalue weighted by Gasteiger charge is 2.15. The molecule has 6 heteroatoms. The van der Waals surface area contributed by atoms with Crippen molar-refractivity contribution in [3.8, 4) is 17.2 Å². The molecule has 0 saturated heterocycles. The van der Waals surface area contributed by atoms with E-state index in [0.717, 1.165) is 28.7 Å². The first-order chi connectivity index (χ1) is 14.2. The minimum atomic E-state index is -0.409. The second-order valence-corrected chi connectivity index (χ2v) is 6.67. The van der Waals surface area contributed by atoms with E-state index in [0.29, 0.717) is 29.9 Å². The Kier molecular flexibility index (Phi) is 5.42. The summed E-state index contributed by atoms with van der Waals surface area (Å²) in [7, 11) is 1.64. The van der Waals surface area contributed by atoms with Crippen molar-refractivity contribution in [2.24, 2.45) is 0 Å². The zero-order chi connectivity index (χ0) is 20.2. The average Bonchev–Trinajstić information content (AvgIpc) is 3.21. The van der Waals surface area contributed by atoms with Crippen LogP contribution in [0.5, 0.6) is 17.2 Å². The third kappa shape index (κ3) is 4.06. The van der Waals surface area contributed by atoms with Gasteiger partial charge in [-0.1, -0.05) is 6.92 Å². The molecule has 0 N–H and O–H groups in total. The molecular formula is C23H22O6. The predicted molar refractivity (Wildman–Crippen MR) is 110 cm³/mol. The molecule has 0 amide bonds. The van der Waals surface area contributed by atoms with E-state index in [1.54, 1.807) is 25.5 Å². The van der Waals surface area contributed by atoms with E-state index < -0.39 is 5.63 Å². The summed E-state index contributed by atoms with van der Waals surface area (Å²) in [5, 5.41) is 1.58. The normalized spacial score (nSPS) is 12.2. The molecule has 150 valence electrons. The molecule has 4 aromatic rings. The van der Waals surface area contributed by atoms with Gasteiger partial charge in [-0.15, -0.1) is 0 Å². The Morgan fingerprint density at radius 1 is 0.966 bits per heavy atom. The summed E-state index contributed by atoms with van der Waals surface area (Å²) >= 11 is 0. The first-order valence-corrected chi connectivity index (χ1v) is 9.55. The number of rotatable bonds is 8. The molecule has 0 aliphatic carbocycles. The molecule has 2 heterocycles. The first-order valence-electron chi connectivity index (χ1n) is 9.55. The van der Waals surface area contributed by atoms with Crippen LogP contribution in [0.4, 0.5) is 0 Å². The van der Waals surface area contributed by atoms with Crippen LogP contribution in [0.25, 0.3) is 21.9 Å². The number of hydrogen-bond acceptors (Lipinski definition) is 6. The number of benzene rings is 2. The molecule has 0 spiro atoms. The van der Waals surface area contributed by atoms with Crippen molar-refractivity contribution < 1.29 is 23.0 Å². The standard InChI is InChI=1S/C23H22O6/c1-3-15(28-17-6-4-16(25-2)5-7-17)10-12-27-23-18-8-9-22(24)29-21(18)14-20-19(23)11-13-26-20/h4-9,11,13-15H,3,10,12H2,1-2H3. The summed E-state index contributed by atoms with van der Waals surface area (Å²) < 4.78 is 28.1. The minimum Gasteiger partial charge on any atom is -0.497 e. The van der Waals surface area contributed by atoms with Crippen molar-refractivity contribution in [1.29, 1.82) is 0 Å². The molecule has 29 heavy (non-hydrogen) atoms. The monoisotopic (exact) mass is 394 g/mol. The van der Waals surface area contributed by atoms with Gasteiger partial charge in [-0.25, -0.2) is 4.79 Å². The molecule has 0 radical (unpaired) electrons. The van der Waals surface area contributed by atoms with Gasteiger partial charge in [0, 0.05) is 18.6 Å². The van der Waals surface area contributed by atoms with Gasteiger partial charge in [-0.2, -0.15) is 0 Å². The van der Waals surface area contributed by atoms with Crippen LogP contribution in [0.3, 0.4) is 0 Å². The highest BCUT2D eigenvalue weighted by atomic mass is 16.5. The molecule has 2 aromatic heterocycles. The maximum atomic E-state index is 11.6. The van der Waals surface area contributed by atoms with E-state index in [-0.39, 0.29) is 6.10 Å². The fraction of sp³-hybridized carbons (Fsp3) is 0.261. The van der Waals surface area contributed by atoms with E-state index in [1.165, 1.54) is 6.07 Å². The minimum absolute atomic E-state index is 0.0103. The van der Waals surface area contributed by atoms with Crippen LogP contribution in [-0.4, -0.2) is 19.8 Å². The number of fused-ring (bicyclic) bond motifs is 2. The van der Waals surface area contributed by atoms with Gasteiger partial charge in [0.15, 0.2) is 0 Å². The van der Waals surface area contributed by atoms with Crippen molar-refractivity contribution in [1.82, 2.24) is 0 Å². The van der Waals surface area contributed by atoms with E-state index in [1.807, 2.05) is 30.3 Å². The van der Waals surface area contributed by atoms with Crippen molar-refractivity contribution >= 4 is 21.9 Å². The van der Waals surface area contributed by atoms with Gasteiger partial charge in [-0.05, 0) is 42.8 Å². The zero-order valence-corrected chi connectivity index (χ0v) is 16.3. The molecule has 2 aromatic carbocycles. The Bertz CT molecular complexity index is 1160. The Morgan fingerprint density at radius 3 is 2.48 bits per heavy atom. The fourth-order valence-electron chi connectivity index (χ4n) is 3.25. The molecule has 0 aliphatic heterocycles. The molecule has 1 atom stereocenters. The lowest BCUT2D eigenvalue weighted by atomic mass is 10.1. The van der Waals surface area contributed by atoms with E-state index in [4.69, 9.17) is 23.0 Å². The third-order valence-electron chi connectivity index (χ3n) is 4.81. The number of methoxy groups -OCH3 is 1. The lowest BCUT2D eigenvalue weighted by Crippen LogP contribution is -2.19. The van der Waals surface area contributed by atoms with Gasteiger partial charge in [0.05, 0.1) is 30.8 Å². The molecule has 1 unspecified atom stereocenters. The summed E-state index contributed by atoms with van der Waals surface area (Å²) in [6.45, 7) is 2.53. The van der Waals surface area contributed by atoms with Crippen LogP contribution in [0, 0.1) is 0 Å². The van der Waals surface area contributed by atoms with Crippen LogP contribution in [0.15, 0.2) is 68.4 Å². The van der Waals surface area contributed by atoms with Crippen molar-refractivity contribution in [2.45, 2.75) is 25.9 Å². The van der Waals surface area contributed by atoms with E-state index in [2.05, 4.69) is 6.92 Å². The van der Waals surface area contributed by atoms with Crippen LogP contribution >= 0.6 is 0 Å². The van der Waals surface area contributed by atoms with Gasteiger partial charge in [0.2, 0.25) is 0 Å². The Morgan fingerprint density at radius 2 is 1.72 bits per heavy atom. The SMILES string of the molecule is CCC(CCOc1c2ccoc2cc2oc(=O)ccc12)Oc1ccc(OC)cc1. The van der Waals surface area contributed by atoms with Gasteiger partial charge in [0.25, 0.3) is 0 Å². The molecule has 0 bridgehead atoms. The Hall–Kier alpha value is -3.41. The fourth-order valence-corrected chi connectivity index (χ4v) is 3.25. The molecule has 0 aliphatic rings. The second-order valence-electron chi connectivity index (χ2n) is 6.67. The molecular weight excluding hydrogens is 372 g/mol. The number of furan rings is 1. The predicted octanol–water partition coefficient (Wildman–Crippen LogP) is 5.17. The molecule has 0 fully saturated rings. The van der Waals surface area contributed by atoms with E-state index >= 15 is 0 Å². The smallest absolute Gasteiger partial charge is 0.336 e. The van der Waals surface area contributed by atoms with Crippen LogP contribution in [0.2, 0.25) is 0 Å². The highest BCUT2D eigenvalue weighted by Crippen LogP contribution is 2.35. The topological polar surface area (TPSA) is 71.0 Å². The second kappa shape index (κ2) is 8.31. The van der Waals surface area contributed by atoms with Gasteiger partial charge >= 0.3 is 5.63 Å². The van der Waals surface area contributed by atoms with Gasteiger partial charge in [-0.3, -0.25) is 0 Å². The van der Waals surface area contributed by atoms with Crippen LogP contribution in [0.1, 0.15) is 19.8 Å². The summed E-state index contributed by atoms with van der Waals surface area (Å²) in [5.74, 6) is 2.23. The highest BCUT2D eigenvalue weighted by molar-refractivity contribution is 6.01. The van der Waals surface area contributed by atoms with Gasteiger partial charge in [0.1, 0.15) is 34.5 Å². The average molecular weight is 394 g/mol. The number of ether oxygens (including phenoxy) is 3. The maximum Gasteiger partial charge on any atom is 0.336 e. The van der Waals surface area contributed by atoms with Crippen LogP contribution in [-0.2, 0) is 0 Å². The summed E-state index contributed by atoms with van der Waals surface area (Å²) in [6, 6.07) is 14.2. The summed E-state index contributed by atoms with van der Waals surface area (Å²) in [6.07, 6.45) is 3.16. The third-order valence-corrected chi connectivity index (χ3v) is 4.81. The summed E-state index contributed by atoms with van der Waals surface area (Å²) in [5.41, 5.74) is 0.646. The van der Waals surface area contributed by atoms with Gasteiger partial charge < -0.3 is 23.0 Å². The lowest BCUT2D eigenvalue weighted by molar-refractivity contribution is 0.158. The molecule has 6 nitrogen and oxygen atoms in total. The molecule has 4 rings (SSSR count). The van der Waals surface area contributed by atoms with Crippen LogP contribution < -0.4 is 19.8 Å². The van der Waals surface area contributed by atoms with E-state index in [9.17, 15) is 4.79 Å². The first kappa shape index (κ1) is 18.9. The number of hydrogen-bond donors (Lipinski definition) is 0. The largest absolute Gasteiger partial charge is 0.497 e. The zero-order valence-electron chi connectivity index (χ0n) is 16.3. The van der Waals surface area contributed by atoms with Crippen molar-refractivity contribution in [3.05, 3.63) is 65.2 Å². The lowest BCUT2D eigenvalue weighted by Gasteiger charge is -2.18. The molecule has 0 saturated carbocycles. The summed E-state index contributed by atoms with van der Waals surface area (Å²) in [4.78, 5) is 11.6. The van der Waals surface area contributed by atoms with Crippen molar-refractivity contribution in [3.63, 3.8) is 0 Å². The Labute approximate surface area is 167 Å². The Balaban J connectivity index is 1.49. The maximum absolute atomic E-state index is 11.6. The quantitative estimate of drug-likeness (QED) is 0.384.